The minimum Gasteiger partial charge on any atom is -0.460 e. The van der Waals surface area contributed by atoms with Gasteiger partial charge in [0, 0.05) is 25.9 Å². The lowest BCUT2D eigenvalue weighted by atomic mass is 10.0. The lowest BCUT2D eigenvalue weighted by molar-refractivity contribution is -0.292. The zero-order chi connectivity index (χ0) is 38.2. The number of unbranched alkanes of at least 4 members (excludes halogenated alkanes) is 1. The van der Waals surface area contributed by atoms with Crippen LogP contribution in [0.5, 0.6) is 0 Å². The average molecular weight is 744 g/mol. The van der Waals surface area contributed by atoms with Crippen molar-refractivity contribution in [2.75, 3.05) is 26.3 Å². The predicted molar refractivity (Wildman–Crippen MR) is 179 cm³/mol. The summed E-state index contributed by atoms with van der Waals surface area (Å²) in [5.74, 6) is -1.72. The summed E-state index contributed by atoms with van der Waals surface area (Å²) in [6, 6.07) is 6.86. The van der Waals surface area contributed by atoms with Crippen LogP contribution in [0.3, 0.4) is 0 Å². The van der Waals surface area contributed by atoms with Gasteiger partial charge in [0.15, 0.2) is 12.6 Å². The van der Waals surface area contributed by atoms with E-state index in [9.17, 15) is 49.8 Å². The van der Waals surface area contributed by atoms with Crippen LogP contribution < -0.4 is 16.0 Å². The average Bonchev–Trinajstić information content (AvgIpc) is 3.14. The van der Waals surface area contributed by atoms with Crippen molar-refractivity contribution in [2.45, 2.75) is 126 Å². The number of ether oxygens (including phenoxy) is 5. The Morgan fingerprint density at radius 3 is 1.88 bits per heavy atom. The molecule has 18 nitrogen and oxygen atoms in total. The van der Waals surface area contributed by atoms with Crippen molar-refractivity contribution in [3.05, 3.63) is 35.9 Å². The Morgan fingerprint density at radius 2 is 1.33 bits per heavy atom. The maximum atomic E-state index is 13.4. The van der Waals surface area contributed by atoms with E-state index in [0.29, 0.717) is 12.7 Å². The molecule has 9 N–H and O–H groups in total. The summed E-state index contributed by atoms with van der Waals surface area (Å²) in [6.45, 7) is 2.62. The van der Waals surface area contributed by atoms with Crippen LogP contribution in [0.4, 0.5) is 0 Å². The topological polar surface area (TPSA) is 272 Å². The Bertz CT molecular complexity index is 1250. The summed E-state index contributed by atoms with van der Waals surface area (Å²) in [5.41, 5.74) is 0.744. The van der Waals surface area contributed by atoms with E-state index >= 15 is 0 Å². The first-order valence-corrected chi connectivity index (χ1v) is 17.4. The zero-order valence-electron chi connectivity index (χ0n) is 29.3. The molecule has 0 aliphatic carbocycles. The number of benzene rings is 1. The molecule has 1 aromatic carbocycles. The fourth-order valence-corrected chi connectivity index (χ4v) is 5.54. The molecule has 294 valence electrons. The summed E-state index contributed by atoms with van der Waals surface area (Å²) in [4.78, 5) is 50.4. The smallest absolute Gasteiger partial charge is 0.323 e. The molecule has 2 fully saturated rings. The largest absolute Gasteiger partial charge is 0.460 e. The van der Waals surface area contributed by atoms with Crippen molar-refractivity contribution < 1.29 is 73.5 Å². The summed E-state index contributed by atoms with van der Waals surface area (Å²) >= 11 is 0. The Labute approximate surface area is 301 Å². The van der Waals surface area contributed by atoms with E-state index in [4.69, 9.17) is 23.7 Å². The van der Waals surface area contributed by atoms with Crippen molar-refractivity contribution in [3.63, 3.8) is 0 Å². The number of esters is 1. The molecule has 0 bridgehead atoms. The Kier molecular flexibility index (Phi) is 18.4. The van der Waals surface area contributed by atoms with E-state index in [1.54, 1.807) is 24.3 Å². The molecule has 1 aromatic rings. The van der Waals surface area contributed by atoms with Crippen molar-refractivity contribution in [1.29, 1.82) is 0 Å². The predicted octanol–water partition coefficient (Wildman–Crippen LogP) is -2.87. The molecule has 52 heavy (non-hydrogen) atoms. The second-order valence-electron chi connectivity index (χ2n) is 12.7. The zero-order valence-corrected chi connectivity index (χ0v) is 29.3. The summed E-state index contributed by atoms with van der Waals surface area (Å²) < 4.78 is 27.2. The maximum absolute atomic E-state index is 13.4. The number of aliphatic hydroxyl groups excluding tert-OH is 6. The molecular formula is C34H53N3O15. The van der Waals surface area contributed by atoms with Crippen molar-refractivity contribution in [3.8, 4) is 0 Å². The third-order valence-electron chi connectivity index (χ3n) is 8.71. The van der Waals surface area contributed by atoms with Gasteiger partial charge in [-0.05, 0) is 38.7 Å². The normalized spacial score (nSPS) is 30.2. The highest BCUT2D eigenvalue weighted by molar-refractivity contribution is 5.84. The van der Waals surface area contributed by atoms with E-state index in [1.165, 1.54) is 13.8 Å². The van der Waals surface area contributed by atoms with Crippen molar-refractivity contribution in [1.82, 2.24) is 16.0 Å². The standard InChI is InChI=1S/C34H53N3O15/c1-19-25(40)27(42)29(44)33(51-19)48-16-13-35-24(39)12-11-22(31(46)36-14-17-49-34-30(45)28(43)26(41)20(2)52-34)37-23(10-6-7-15-38)32(47)50-18-21-8-4-3-5-9-21/h3-5,8-9,15,19-20,22-23,25-30,33-34,37,40-45H,6-7,10-14,16-18H2,1-2H3,(H,35,39)(H,36,46)/t19-,20-,22-,23?,25+,26+,27+,28+,29-,30-,33+,34+/m0/s1. The van der Waals surface area contributed by atoms with E-state index in [0.717, 1.165) is 5.56 Å². The molecule has 0 aromatic heterocycles. The first kappa shape index (κ1) is 43.3. The third-order valence-corrected chi connectivity index (χ3v) is 8.71. The highest BCUT2D eigenvalue weighted by Crippen LogP contribution is 2.22. The highest BCUT2D eigenvalue weighted by atomic mass is 16.7. The fraction of sp³-hybridized carbons (Fsp3) is 0.706. The van der Waals surface area contributed by atoms with E-state index < -0.39 is 91.3 Å². The minimum atomic E-state index is -1.53. The van der Waals surface area contributed by atoms with E-state index in [2.05, 4.69) is 16.0 Å². The van der Waals surface area contributed by atoms with Gasteiger partial charge in [-0.15, -0.1) is 0 Å². The Morgan fingerprint density at radius 1 is 0.769 bits per heavy atom. The minimum absolute atomic E-state index is 0.0142. The van der Waals surface area contributed by atoms with Crippen LogP contribution in [0.2, 0.25) is 0 Å². The lowest BCUT2D eigenvalue weighted by Gasteiger charge is -2.38. The SMILES string of the molecule is C[C@@H]1O[C@@H](OCCNC(=O)CC[C@H](NC(CCCC=O)C(=O)OCc2ccccc2)C(=O)NCCO[C@@H]2O[C@@H](C)[C@@H](O)[C@@H](O)[C@@H]2O)[C@@H](O)[C@H](O)[C@@H]1O. The molecule has 12 atom stereocenters. The fourth-order valence-electron chi connectivity index (χ4n) is 5.54. The van der Waals surface area contributed by atoms with Crippen LogP contribution >= 0.6 is 0 Å². The number of hydrogen-bond donors (Lipinski definition) is 9. The van der Waals surface area contributed by atoms with Gasteiger partial charge in [-0.2, -0.15) is 0 Å². The van der Waals surface area contributed by atoms with E-state index in [-0.39, 0.29) is 58.6 Å². The summed E-state index contributed by atoms with van der Waals surface area (Å²) in [5, 5.41) is 68.2. The molecule has 1 unspecified atom stereocenters. The van der Waals surface area contributed by atoms with Gasteiger partial charge in [0.05, 0.1) is 31.5 Å². The first-order valence-electron chi connectivity index (χ1n) is 17.4. The summed E-state index contributed by atoms with van der Waals surface area (Å²) in [7, 11) is 0. The van der Waals surface area contributed by atoms with E-state index in [1.807, 2.05) is 6.07 Å². The van der Waals surface area contributed by atoms with Gasteiger partial charge in [-0.25, -0.2) is 0 Å². The third kappa shape index (κ3) is 13.4. The van der Waals surface area contributed by atoms with Crippen LogP contribution in [-0.4, -0.2) is 155 Å². The monoisotopic (exact) mass is 743 g/mol. The van der Waals surface area contributed by atoms with Gasteiger partial charge in [0.25, 0.3) is 0 Å². The highest BCUT2D eigenvalue weighted by Gasteiger charge is 2.43. The molecule has 0 saturated carbocycles. The van der Waals surface area contributed by atoms with Crippen LogP contribution in [0.15, 0.2) is 30.3 Å². The number of aliphatic hydroxyl groups is 6. The quantitative estimate of drug-likeness (QED) is 0.0348. The van der Waals surface area contributed by atoms with Gasteiger partial charge in [0.2, 0.25) is 11.8 Å². The Hall–Kier alpha value is -3.14. The molecule has 2 saturated heterocycles. The van der Waals surface area contributed by atoms with Crippen LogP contribution in [0.25, 0.3) is 0 Å². The van der Waals surface area contributed by atoms with Crippen LogP contribution in [0.1, 0.15) is 51.5 Å². The number of hydrogen-bond acceptors (Lipinski definition) is 16. The number of carbonyl (C=O) groups is 4. The Balaban J connectivity index is 1.58. The number of nitrogens with one attached hydrogen (secondary N) is 3. The van der Waals surface area contributed by atoms with Crippen molar-refractivity contribution in [2.24, 2.45) is 0 Å². The number of amides is 2. The number of aldehydes is 1. The molecule has 0 radical (unpaired) electrons. The first-order chi connectivity index (χ1) is 24.8. The molecule has 0 spiro atoms. The van der Waals surface area contributed by atoms with Gasteiger partial charge in [-0.3, -0.25) is 19.7 Å². The van der Waals surface area contributed by atoms with Gasteiger partial charge < -0.3 is 69.8 Å². The van der Waals surface area contributed by atoms with Crippen molar-refractivity contribution >= 4 is 24.1 Å². The molecule has 2 heterocycles. The van der Waals surface area contributed by atoms with Gasteiger partial charge in [0.1, 0.15) is 55.6 Å². The molecule has 3 rings (SSSR count). The summed E-state index contributed by atoms with van der Waals surface area (Å²) in [6.07, 6.45) is -11.6. The van der Waals surface area contributed by atoms with Gasteiger partial charge >= 0.3 is 5.97 Å². The second kappa shape index (κ2) is 22.2. The molecule has 2 amide bonds. The number of carbonyl (C=O) groups excluding carboxylic acids is 4. The van der Waals surface area contributed by atoms with Crippen LogP contribution in [-0.2, 0) is 49.5 Å². The second-order valence-corrected chi connectivity index (χ2v) is 12.7. The maximum Gasteiger partial charge on any atom is 0.323 e. The van der Waals surface area contributed by atoms with Crippen LogP contribution in [0, 0.1) is 0 Å². The van der Waals surface area contributed by atoms with Gasteiger partial charge in [-0.1, -0.05) is 30.3 Å². The lowest BCUT2D eigenvalue weighted by Crippen LogP contribution is -2.57. The molecular weight excluding hydrogens is 690 g/mol. The molecule has 2 aliphatic heterocycles. The molecule has 18 heteroatoms. The molecule has 2 aliphatic rings. The number of rotatable bonds is 21.